The van der Waals surface area contributed by atoms with Crippen LogP contribution in [0.4, 0.5) is 0 Å². The Morgan fingerprint density at radius 3 is 2.54 bits per heavy atom. The van der Waals surface area contributed by atoms with Crippen LogP contribution in [0.1, 0.15) is 65.7 Å². The molecule has 0 bridgehead atoms. The zero-order valence-corrected chi connectivity index (χ0v) is 17.5. The van der Waals surface area contributed by atoms with E-state index >= 15 is 0 Å². The third-order valence-electron chi connectivity index (χ3n) is 8.20. The summed E-state index contributed by atoms with van der Waals surface area (Å²) in [4.78, 5) is 23.8. The Hall–Kier alpha value is -1.20. The van der Waals surface area contributed by atoms with Crippen LogP contribution >= 0.6 is 0 Å². The summed E-state index contributed by atoms with van der Waals surface area (Å²) in [5.41, 5.74) is 0.923. The lowest BCUT2D eigenvalue weighted by Crippen LogP contribution is -2.59. The van der Waals surface area contributed by atoms with E-state index in [1.54, 1.807) is 0 Å². The van der Waals surface area contributed by atoms with E-state index in [2.05, 4.69) is 6.92 Å². The molecule has 0 aromatic rings. The summed E-state index contributed by atoms with van der Waals surface area (Å²) in [6.07, 6.45) is 10.1. The van der Waals surface area contributed by atoms with Crippen molar-refractivity contribution >= 4 is 12.3 Å². The number of esters is 1. The molecule has 0 aromatic heterocycles. The van der Waals surface area contributed by atoms with E-state index in [0.717, 1.165) is 57.3 Å². The number of ether oxygens (including phenoxy) is 3. The minimum Gasteiger partial charge on any atom is -0.458 e. The number of hydrogen-bond acceptors (Lipinski definition) is 5. The van der Waals surface area contributed by atoms with Gasteiger partial charge in [0, 0.05) is 16.9 Å². The van der Waals surface area contributed by atoms with Gasteiger partial charge < -0.3 is 19.0 Å². The van der Waals surface area contributed by atoms with Gasteiger partial charge in [0.15, 0.2) is 5.79 Å². The fraction of sp³-hybridized carbons (Fsp3) is 0.826. The monoisotopic (exact) mass is 390 g/mol. The van der Waals surface area contributed by atoms with Crippen molar-refractivity contribution in [3.8, 4) is 0 Å². The summed E-state index contributed by atoms with van der Waals surface area (Å²) in [7, 11) is 0. The lowest BCUT2D eigenvalue weighted by Gasteiger charge is -2.62. The van der Waals surface area contributed by atoms with Gasteiger partial charge in [-0.15, -0.1) is 0 Å². The van der Waals surface area contributed by atoms with Crippen molar-refractivity contribution in [2.45, 2.75) is 71.5 Å². The first kappa shape index (κ1) is 20.1. The Bertz CT molecular complexity index is 656. The van der Waals surface area contributed by atoms with Crippen molar-refractivity contribution in [1.82, 2.24) is 0 Å². The fourth-order valence-corrected chi connectivity index (χ4v) is 6.68. The second kappa shape index (κ2) is 7.24. The molecule has 0 aromatic carbocycles. The van der Waals surface area contributed by atoms with Crippen LogP contribution in [0.15, 0.2) is 11.6 Å². The van der Waals surface area contributed by atoms with Crippen LogP contribution in [0.2, 0.25) is 0 Å². The maximum atomic E-state index is 11.9. The third-order valence-corrected chi connectivity index (χ3v) is 8.20. The first-order valence-electron chi connectivity index (χ1n) is 10.9. The minimum atomic E-state index is -0.506. The summed E-state index contributed by atoms with van der Waals surface area (Å²) in [5, 5.41) is 0. The molecule has 2 aliphatic heterocycles. The van der Waals surface area contributed by atoms with E-state index < -0.39 is 5.79 Å². The molecular formula is C23H34O5. The summed E-state index contributed by atoms with van der Waals surface area (Å²) in [6.45, 7) is 8.25. The normalized spacial score (nSPS) is 39.2. The van der Waals surface area contributed by atoms with Crippen molar-refractivity contribution in [1.29, 1.82) is 0 Å². The van der Waals surface area contributed by atoms with Crippen molar-refractivity contribution < 1.29 is 23.8 Å². The van der Waals surface area contributed by atoms with E-state index in [9.17, 15) is 9.59 Å². The second-order valence-corrected chi connectivity index (χ2v) is 10.1. The number of aldehydes is 1. The zero-order valence-electron chi connectivity index (χ0n) is 17.5. The Morgan fingerprint density at radius 1 is 1.14 bits per heavy atom. The Balaban J connectivity index is 1.57. The summed E-state index contributed by atoms with van der Waals surface area (Å²) in [6, 6.07) is 0. The molecular weight excluding hydrogens is 356 g/mol. The number of carbonyl (C=O) groups is 2. The van der Waals surface area contributed by atoms with Crippen LogP contribution in [0.25, 0.3) is 0 Å². The molecule has 5 nitrogen and oxygen atoms in total. The molecule has 4 atom stereocenters. The average Bonchev–Trinajstić information content (AvgIpc) is 3.07. The molecule has 0 radical (unpaired) electrons. The van der Waals surface area contributed by atoms with Gasteiger partial charge in [-0.3, -0.25) is 0 Å². The molecule has 4 aliphatic rings. The van der Waals surface area contributed by atoms with Crippen LogP contribution in [0.5, 0.6) is 0 Å². The lowest BCUT2D eigenvalue weighted by molar-refractivity contribution is -0.312. The van der Waals surface area contributed by atoms with Gasteiger partial charge in [-0.25, -0.2) is 4.79 Å². The highest BCUT2D eigenvalue weighted by atomic mass is 16.7. The highest BCUT2D eigenvalue weighted by Crippen LogP contribution is 2.63. The second-order valence-electron chi connectivity index (χ2n) is 10.1. The third kappa shape index (κ3) is 3.35. The standard InChI is InChI=1S/C23H34O5/c1-21(2)27-14-23(15-28-21)11-4-10-22(3)18(17(13-24)6-8-19(22)23)7-5-16-9-12-26-20(16)25/h9,13,17-19H,4-8,10-12,14-15H2,1-3H3/t17?,18-,19?,22+/m1/s1. The highest BCUT2D eigenvalue weighted by Gasteiger charge is 2.59. The molecule has 1 saturated heterocycles. The first-order valence-corrected chi connectivity index (χ1v) is 10.9. The molecule has 1 spiro atoms. The number of fused-ring (bicyclic) bond motifs is 2. The molecule has 0 amide bonds. The van der Waals surface area contributed by atoms with Crippen molar-refractivity contribution in [2.24, 2.45) is 28.6 Å². The van der Waals surface area contributed by atoms with Gasteiger partial charge >= 0.3 is 5.97 Å². The number of hydrogen-bond donors (Lipinski definition) is 0. The molecule has 5 heteroatoms. The number of carbonyl (C=O) groups excluding carboxylic acids is 2. The number of rotatable bonds is 4. The maximum Gasteiger partial charge on any atom is 0.334 e. The molecule has 0 N–H and O–H groups in total. The van der Waals surface area contributed by atoms with Gasteiger partial charge in [0.25, 0.3) is 0 Å². The summed E-state index contributed by atoms with van der Waals surface area (Å²) in [5.74, 6) is 0.182. The predicted molar refractivity (Wildman–Crippen MR) is 104 cm³/mol. The van der Waals surface area contributed by atoms with Gasteiger partial charge in [-0.05, 0) is 75.7 Å². The summed E-state index contributed by atoms with van der Waals surface area (Å²) < 4.78 is 17.3. The maximum absolute atomic E-state index is 11.9. The van der Waals surface area contributed by atoms with Crippen LogP contribution in [0.3, 0.4) is 0 Å². The molecule has 2 aliphatic carbocycles. The molecule has 2 saturated carbocycles. The molecule has 156 valence electrons. The van der Waals surface area contributed by atoms with E-state index in [1.807, 2.05) is 19.9 Å². The van der Waals surface area contributed by atoms with Gasteiger partial charge in [-0.1, -0.05) is 13.3 Å². The van der Waals surface area contributed by atoms with Gasteiger partial charge in [-0.2, -0.15) is 0 Å². The van der Waals surface area contributed by atoms with Gasteiger partial charge in [0.2, 0.25) is 0 Å². The minimum absolute atomic E-state index is 0.0557. The van der Waals surface area contributed by atoms with Crippen LogP contribution < -0.4 is 0 Å². The molecule has 4 rings (SSSR count). The van der Waals surface area contributed by atoms with Crippen LogP contribution in [-0.4, -0.2) is 37.9 Å². The van der Waals surface area contributed by atoms with Crippen LogP contribution in [-0.2, 0) is 23.8 Å². The molecule has 3 fully saturated rings. The highest BCUT2D eigenvalue weighted by molar-refractivity contribution is 5.90. The fourth-order valence-electron chi connectivity index (χ4n) is 6.68. The predicted octanol–water partition coefficient (Wildman–Crippen LogP) is 4.05. The number of cyclic esters (lactones) is 1. The van der Waals surface area contributed by atoms with Gasteiger partial charge in [0.1, 0.15) is 12.9 Å². The summed E-state index contributed by atoms with van der Waals surface area (Å²) >= 11 is 0. The van der Waals surface area contributed by atoms with E-state index in [0.29, 0.717) is 24.9 Å². The van der Waals surface area contributed by atoms with Crippen LogP contribution in [0, 0.1) is 28.6 Å². The van der Waals surface area contributed by atoms with E-state index in [4.69, 9.17) is 14.2 Å². The van der Waals surface area contributed by atoms with E-state index in [-0.39, 0.29) is 22.7 Å². The lowest BCUT2D eigenvalue weighted by atomic mass is 9.45. The zero-order chi connectivity index (χ0) is 20.0. The topological polar surface area (TPSA) is 61.8 Å². The average molecular weight is 391 g/mol. The van der Waals surface area contributed by atoms with Gasteiger partial charge in [0.05, 0.1) is 13.2 Å². The van der Waals surface area contributed by atoms with Crippen molar-refractivity contribution in [3.05, 3.63) is 11.6 Å². The quantitative estimate of drug-likeness (QED) is 0.535. The first-order chi connectivity index (χ1) is 13.3. The molecule has 28 heavy (non-hydrogen) atoms. The molecule has 2 unspecified atom stereocenters. The largest absolute Gasteiger partial charge is 0.458 e. The van der Waals surface area contributed by atoms with Crippen molar-refractivity contribution in [3.63, 3.8) is 0 Å². The van der Waals surface area contributed by atoms with E-state index in [1.165, 1.54) is 6.29 Å². The van der Waals surface area contributed by atoms with Crippen molar-refractivity contribution in [2.75, 3.05) is 19.8 Å². The SMILES string of the molecule is CC1(C)OCC2(CCC[C@]3(C)C2CCC(C=O)[C@H]3CCC2=CCOC2=O)CO1. The smallest absolute Gasteiger partial charge is 0.334 e. The molecule has 2 heterocycles. The Kier molecular flexibility index (Phi) is 5.20. The Labute approximate surface area is 168 Å². The Morgan fingerprint density at radius 2 is 1.89 bits per heavy atom.